The van der Waals surface area contributed by atoms with E-state index in [1.165, 1.54) is 11.1 Å². The topological polar surface area (TPSA) is 43.0 Å². The first-order chi connectivity index (χ1) is 12.7. The summed E-state index contributed by atoms with van der Waals surface area (Å²) < 4.78 is 18.0. The van der Waals surface area contributed by atoms with E-state index in [0.29, 0.717) is 11.3 Å². The number of fused-ring (bicyclic) bond motifs is 3. The van der Waals surface area contributed by atoms with Crippen molar-refractivity contribution in [3.8, 4) is 5.75 Å². The predicted molar refractivity (Wildman–Crippen MR) is 99.6 cm³/mol. The first-order valence-electron chi connectivity index (χ1n) is 10.1. The molecule has 1 spiro atoms. The second kappa shape index (κ2) is 6.48. The van der Waals surface area contributed by atoms with Crippen molar-refractivity contribution in [1.82, 2.24) is 10.2 Å². The summed E-state index contributed by atoms with van der Waals surface area (Å²) in [5.74, 6) is 1.68. The van der Waals surface area contributed by atoms with Crippen LogP contribution in [0.2, 0.25) is 0 Å². The average Bonchev–Trinajstić information content (AvgIpc) is 3.23. The lowest BCUT2D eigenvalue weighted by Gasteiger charge is -2.47. The van der Waals surface area contributed by atoms with Gasteiger partial charge in [0.05, 0.1) is 32.5 Å². The van der Waals surface area contributed by atoms with Crippen LogP contribution in [-0.2, 0) is 21.5 Å². The lowest BCUT2D eigenvalue weighted by molar-refractivity contribution is -0.103. The number of nitrogens with one attached hydrogen (secondary N) is 1. The van der Waals surface area contributed by atoms with Crippen molar-refractivity contribution in [1.29, 1.82) is 0 Å². The van der Waals surface area contributed by atoms with Crippen molar-refractivity contribution in [2.75, 3.05) is 59.7 Å². The van der Waals surface area contributed by atoms with E-state index in [1.54, 1.807) is 7.11 Å². The van der Waals surface area contributed by atoms with Gasteiger partial charge in [0.25, 0.3) is 0 Å². The Morgan fingerprint density at radius 2 is 2.19 bits per heavy atom. The lowest BCUT2D eigenvalue weighted by Crippen LogP contribution is -2.51. The van der Waals surface area contributed by atoms with Crippen LogP contribution in [0.4, 0.5) is 0 Å². The van der Waals surface area contributed by atoms with Gasteiger partial charge in [-0.3, -0.25) is 0 Å². The van der Waals surface area contributed by atoms with Gasteiger partial charge >= 0.3 is 0 Å². The maximum Gasteiger partial charge on any atom is 0.125 e. The molecule has 142 valence electrons. The molecule has 0 aromatic heterocycles. The van der Waals surface area contributed by atoms with Crippen LogP contribution >= 0.6 is 0 Å². The summed E-state index contributed by atoms with van der Waals surface area (Å²) in [6.45, 7) is 8.22. The molecule has 0 unspecified atom stereocenters. The minimum absolute atomic E-state index is 0.159. The van der Waals surface area contributed by atoms with Crippen molar-refractivity contribution in [2.24, 2.45) is 11.3 Å². The normalized spacial score (nSPS) is 33.2. The standard InChI is InChI=1S/C21H30N2O3/c1-24-18-4-2-3-16-5-10-26-21(19(16)18)6-8-23(9-7-21)14-20-13-22-11-17(20)12-25-15-20/h2-4,17,22H,5-15H2,1H3/t17-,20-/m0/s1. The minimum Gasteiger partial charge on any atom is -0.496 e. The van der Waals surface area contributed by atoms with Crippen LogP contribution in [0.15, 0.2) is 18.2 Å². The monoisotopic (exact) mass is 358 g/mol. The van der Waals surface area contributed by atoms with Crippen LogP contribution in [0.1, 0.15) is 24.0 Å². The first kappa shape index (κ1) is 17.0. The molecule has 4 aliphatic rings. The molecule has 5 nitrogen and oxygen atoms in total. The van der Waals surface area contributed by atoms with E-state index in [1.807, 2.05) is 0 Å². The van der Waals surface area contributed by atoms with E-state index in [-0.39, 0.29) is 5.60 Å². The molecule has 4 heterocycles. The second-order valence-corrected chi connectivity index (χ2v) is 8.57. The Labute approximate surface area is 156 Å². The van der Waals surface area contributed by atoms with E-state index in [0.717, 1.165) is 77.6 Å². The van der Waals surface area contributed by atoms with Gasteiger partial charge in [-0.15, -0.1) is 0 Å². The predicted octanol–water partition coefficient (Wildman–Crippen LogP) is 1.79. The number of hydrogen-bond acceptors (Lipinski definition) is 5. The van der Waals surface area contributed by atoms with Gasteiger partial charge in [-0.2, -0.15) is 0 Å². The summed E-state index contributed by atoms with van der Waals surface area (Å²) in [6.07, 6.45) is 3.09. The summed E-state index contributed by atoms with van der Waals surface area (Å²) in [7, 11) is 1.78. The summed E-state index contributed by atoms with van der Waals surface area (Å²) >= 11 is 0. The summed E-state index contributed by atoms with van der Waals surface area (Å²) in [4.78, 5) is 2.65. The highest BCUT2D eigenvalue weighted by Gasteiger charge is 2.50. The van der Waals surface area contributed by atoms with E-state index in [2.05, 4.69) is 28.4 Å². The third-order valence-electron chi connectivity index (χ3n) is 7.18. The molecule has 0 saturated carbocycles. The van der Waals surface area contributed by atoms with Crippen LogP contribution in [0.25, 0.3) is 0 Å². The highest BCUT2D eigenvalue weighted by atomic mass is 16.5. The molecular weight excluding hydrogens is 328 g/mol. The van der Waals surface area contributed by atoms with Gasteiger partial charge < -0.3 is 24.4 Å². The van der Waals surface area contributed by atoms with E-state index in [9.17, 15) is 0 Å². The molecule has 0 aliphatic carbocycles. The van der Waals surface area contributed by atoms with Gasteiger partial charge in [-0.1, -0.05) is 12.1 Å². The Morgan fingerprint density at radius 3 is 3.04 bits per heavy atom. The van der Waals surface area contributed by atoms with Crippen molar-refractivity contribution in [3.05, 3.63) is 29.3 Å². The summed E-state index contributed by atoms with van der Waals surface area (Å²) in [5, 5.41) is 3.59. The minimum atomic E-state index is -0.159. The van der Waals surface area contributed by atoms with Crippen molar-refractivity contribution < 1.29 is 14.2 Å². The Morgan fingerprint density at radius 1 is 1.31 bits per heavy atom. The Hall–Kier alpha value is -1.14. The zero-order valence-corrected chi connectivity index (χ0v) is 15.8. The van der Waals surface area contributed by atoms with Crippen molar-refractivity contribution in [2.45, 2.75) is 24.9 Å². The van der Waals surface area contributed by atoms with Gasteiger partial charge in [0.2, 0.25) is 0 Å². The fourth-order valence-electron chi connectivity index (χ4n) is 5.71. The Balaban J connectivity index is 1.34. The number of benzene rings is 1. The third-order valence-corrected chi connectivity index (χ3v) is 7.18. The van der Waals surface area contributed by atoms with Crippen molar-refractivity contribution >= 4 is 0 Å². The van der Waals surface area contributed by atoms with Crippen LogP contribution in [0.3, 0.4) is 0 Å². The summed E-state index contributed by atoms with van der Waals surface area (Å²) in [6, 6.07) is 6.45. The Kier molecular flexibility index (Phi) is 4.24. The highest BCUT2D eigenvalue weighted by Crippen LogP contribution is 2.47. The molecule has 4 aliphatic heterocycles. The van der Waals surface area contributed by atoms with Gasteiger partial charge in [-0.05, 0) is 30.9 Å². The lowest BCUT2D eigenvalue weighted by atomic mass is 9.77. The number of likely N-dealkylation sites (tertiary alicyclic amines) is 1. The number of nitrogens with zero attached hydrogens (tertiary/aromatic N) is 1. The molecule has 0 radical (unpaired) electrons. The third kappa shape index (κ3) is 2.60. The number of ether oxygens (including phenoxy) is 3. The van der Waals surface area contributed by atoms with Crippen LogP contribution in [0, 0.1) is 11.3 Å². The molecule has 1 aromatic carbocycles. The average molecular weight is 358 g/mol. The molecule has 5 rings (SSSR count). The zero-order chi connectivity index (χ0) is 17.6. The van der Waals surface area contributed by atoms with E-state index < -0.39 is 0 Å². The number of rotatable bonds is 3. The Bertz CT molecular complexity index is 645. The molecule has 0 amide bonds. The van der Waals surface area contributed by atoms with Gasteiger partial charge in [-0.25, -0.2) is 0 Å². The number of piperidine rings is 1. The molecular formula is C21H30N2O3. The zero-order valence-electron chi connectivity index (χ0n) is 15.8. The fraction of sp³-hybridized carbons (Fsp3) is 0.714. The molecule has 3 fully saturated rings. The van der Waals surface area contributed by atoms with Crippen molar-refractivity contribution in [3.63, 3.8) is 0 Å². The molecule has 1 aromatic rings. The molecule has 0 bridgehead atoms. The maximum atomic E-state index is 6.43. The maximum absolute atomic E-state index is 6.43. The van der Waals surface area contributed by atoms with Gasteiger partial charge in [0, 0.05) is 49.6 Å². The molecule has 1 N–H and O–H groups in total. The van der Waals surface area contributed by atoms with Gasteiger partial charge in [0.1, 0.15) is 5.75 Å². The van der Waals surface area contributed by atoms with Crippen LogP contribution in [0.5, 0.6) is 5.75 Å². The quantitative estimate of drug-likeness (QED) is 0.892. The van der Waals surface area contributed by atoms with Crippen LogP contribution < -0.4 is 10.1 Å². The molecule has 3 saturated heterocycles. The SMILES string of the molecule is COc1cccc2c1C1(CCN(C[C@]34CNC[C@H]3COC4)CC1)OCC2. The van der Waals surface area contributed by atoms with E-state index >= 15 is 0 Å². The smallest absolute Gasteiger partial charge is 0.125 e. The number of hydrogen-bond donors (Lipinski definition) is 1. The fourth-order valence-corrected chi connectivity index (χ4v) is 5.71. The van der Waals surface area contributed by atoms with Gasteiger partial charge in [0.15, 0.2) is 0 Å². The number of methoxy groups -OCH3 is 1. The van der Waals surface area contributed by atoms with E-state index in [4.69, 9.17) is 14.2 Å². The largest absolute Gasteiger partial charge is 0.496 e. The molecule has 5 heteroatoms. The molecule has 2 atom stereocenters. The summed E-state index contributed by atoms with van der Waals surface area (Å²) in [5.41, 5.74) is 2.89. The van der Waals surface area contributed by atoms with Crippen LogP contribution in [-0.4, -0.2) is 64.6 Å². The highest BCUT2D eigenvalue weighted by molar-refractivity contribution is 5.46. The second-order valence-electron chi connectivity index (χ2n) is 8.57. The first-order valence-corrected chi connectivity index (χ1v) is 10.1. The molecule has 26 heavy (non-hydrogen) atoms.